The van der Waals surface area contributed by atoms with Crippen LogP contribution in [0.25, 0.3) is 0 Å². The third-order valence-electron chi connectivity index (χ3n) is 1.37. The van der Waals surface area contributed by atoms with Crippen molar-refractivity contribution in [1.82, 2.24) is 0 Å². The fraction of sp³-hybridized carbons (Fsp3) is 0.444. The molecule has 0 aliphatic heterocycles. The van der Waals surface area contributed by atoms with Gasteiger partial charge in [-0.3, -0.25) is 0 Å². The van der Waals surface area contributed by atoms with Gasteiger partial charge in [0.05, 0.1) is 5.56 Å². The number of carboxylic acid groups (broad SMARTS) is 1. The van der Waals surface area contributed by atoms with Crippen LogP contribution in [0.2, 0.25) is 0 Å². The predicted octanol–water partition coefficient (Wildman–Crippen LogP) is 1.28. The van der Waals surface area contributed by atoms with E-state index >= 15 is 0 Å². The summed E-state index contributed by atoms with van der Waals surface area (Å²) in [6.07, 6.45) is 0. The Morgan fingerprint density at radius 1 is 1.21 bits per heavy atom. The average Bonchev–Trinajstić information content (AvgIpc) is 2.52. The maximum absolute atomic E-state index is 10.5. The molecule has 0 bridgehead atoms. The van der Waals surface area contributed by atoms with Crippen LogP contribution in [0.3, 0.4) is 0 Å². The van der Waals surface area contributed by atoms with Crippen molar-refractivity contribution < 1.29 is 20.1 Å². The summed E-state index contributed by atoms with van der Waals surface area (Å²) in [5, 5.41) is 24.5. The fourth-order valence-electron chi connectivity index (χ4n) is 0.892. The van der Waals surface area contributed by atoms with Crippen molar-refractivity contribution in [3.8, 4) is 0 Å². The van der Waals surface area contributed by atoms with Gasteiger partial charge < -0.3 is 15.3 Å². The molecular weight excluding hydrogens is 204 g/mol. The summed E-state index contributed by atoms with van der Waals surface area (Å²) in [4.78, 5) is 11.4. The molecule has 0 aliphatic rings. The molecule has 0 radical (unpaired) electrons. The zero-order valence-corrected chi connectivity index (χ0v) is 9.55. The SMILES string of the molecule is CO.CO.Cc1csc(C)c1C(=O)O. The van der Waals surface area contributed by atoms with Gasteiger partial charge in [-0.2, -0.15) is 0 Å². The van der Waals surface area contributed by atoms with Gasteiger partial charge in [-0.15, -0.1) is 11.3 Å². The molecule has 1 aromatic heterocycles. The predicted molar refractivity (Wildman–Crippen MR) is 57.0 cm³/mol. The van der Waals surface area contributed by atoms with E-state index in [1.165, 1.54) is 11.3 Å². The topological polar surface area (TPSA) is 77.8 Å². The summed E-state index contributed by atoms with van der Waals surface area (Å²) < 4.78 is 0. The molecule has 0 fully saturated rings. The first-order chi connectivity index (χ1) is 6.63. The first-order valence-corrected chi connectivity index (χ1v) is 4.68. The molecule has 5 heteroatoms. The molecule has 0 amide bonds. The number of aliphatic hydroxyl groups excluding tert-OH is 2. The summed E-state index contributed by atoms with van der Waals surface area (Å²) in [5.74, 6) is -0.823. The van der Waals surface area contributed by atoms with Gasteiger partial charge >= 0.3 is 5.97 Å². The van der Waals surface area contributed by atoms with Crippen LogP contribution in [0.15, 0.2) is 5.38 Å². The van der Waals surface area contributed by atoms with Crippen LogP contribution in [-0.2, 0) is 0 Å². The summed E-state index contributed by atoms with van der Waals surface area (Å²) in [6, 6.07) is 0. The maximum Gasteiger partial charge on any atom is 0.337 e. The van der Waals surface area contributed by atoms with E-state index < -0.39 is 5.97 Å². The zero-order chi connectivity index (χ0) is 11.7. The van der Waals surface area contributed by atoms with Gasteiger partial charge in [-0.05, 0) is 24.8 Å². The summed E-state index contributed by atoms with van der Waals surface area (Å²) >= 11 is 1.48. The Morgan fingerprint density at radius 3 is 1.79 bits per heavy atom. The molecule has 0 spiro atoms. The number of carboxylic acids is 1. The molecule has 4 nitrogen and oxygen atoms in total. The van der Waals surface area contributed by atoms with Crippen LogP contribution in [-0.4, -0.2) is 35.5 Å². The van der Waals surface area contributed by atoms with E-state index in [-0.39, 0.29) is 0 Å². The molecule has 1 heterocycles. The Balaban J connectivity index is 0. The van der Waals surface area contributed by atoms with Gasteiger partial charge in [0.15, 0.2) is 0 Å². The number of aryl methyl sites for hydroxylation is 2. The quantitative estimate of drug-likeness (QED) is 0.666. The van der Waals surface area contributed by atoms with E-state index in [0.29, 0.717) is 5.56 Å². The van der Waals surface area contributed by atoms with Crippen LogP contribution in [0.4, 0.5) is 0 Å². The molecule has 0 saturated carbocycles. The van der Waals surface area contributed by atoms with E-state index in [4.69, 9.17) is 15.3 Å². The maximum atomic E-state index is 10.5. The number of aromatic carboxylic acids is 1. The van der Waals surface area contributed by atoms with Gasteiger partial charge in [-0.25, -0.2) is 4.79 Å². The molecule has 1 rings (SSSR count). The van der Waals surface area contributed by atoms with E-state index in [1.54, 1.807) is 0 Å². The minimum absolute atomic E-state index is 0.463. The lowest BCUT2D eigenvalue weighted by Crippen LogP contribution is -1.97. The highest BCUT2D eigenvalue weighted by molar-refractivity contribution is 7.10. The van der Waals surface area contributed by atoms with Gasteiger partial charge in [0.2, 0.25) is 0 Å². The van der Waals surface area contributed by atoms with Gasteiger partial charge in [-0.1, -0.05) is 0 Å². The van der Waals surface area contributed by atoms with Gasteiger partial charge in [0.1, 0.15) is 0 Å². The number of rotatable bonds is 1. The number of carbonyl (C=O) groups is 1. The Bertz CT molecular complexity index is 248. The summed E-state index contributed by atoms with van der Waals surface area (Å²) in [5.41, 5.74) is 1.32. The highest BCUT2D eigenvalue weighted by atomic mass is 32.1. The second-order valence-electron chi connectivity index (χ2n) is 2.16. The molecule has 0 aliphatic carbocycles. The second-order valence-corrected chi connectivity index (χ2v) is 3.24. The van der Waals surface area contributed by atoms with Crippen LogP contribution in [0, 0.1) is 13.8 Å². The normalized spacial score (nSPS) is 7.86. The van der Waals surface area contributed by atoms with Gasteiger partial charge in [0, 0.05) is 19.1 Å². The van der Waals surface area contributed by atoms with Crippen LogP contribution in [0.1, 0.15) is 20.8 Å². The lowest BCUT2D eigenvalue weighted by atomic mass is 10.2. The molecule has 0 aromatic carbocycles. The van der Waals surface area contributed by atoms with Crippen molar-refractivity contribution in [1.29, 1.82) is 0 Å². The lowest BCUT2D eigenvalue weighted by molar-refractivity contribution is 0.0696. The summed E-state index contributed by atoms with van der Waals surface area (Å²) in [7, 11) is 2.00. The molecule has 0 saturated heterocycles. The smallest absolute Gasteiger partial charge is 0.337 e. The number of hydrogen-bond acceptors (Lipinski definition) is 4. The van der Waals surface area contributed by atoms with Crippen LogP contribution >= 0.6 is 11.3 Å². The minimum atomic E-state index is -0.823. The molecule has 0 atom stereocenters. The van der Waals surface area contributed by atoms with Crippen LogP contribution < -0.4 is 0 Å². The van der Waals surface area contributed by atoms with Crippen molar-refractivity contribution in [3.63, 3.8) is 0 Å². The first kappa shape index (κ1) is 15.6. The Hall–Kier alpha value is -0.910. The third-order valence-corrected chi connectivity index (χ3v) is 2.40. The van der Waals surface area contributed by atoms with E-state index in [2.05, 4.69) is 0 Å². The Kier molecular flexibility index (Phi) is 9.64. The van der Waals surface area contributed by atoms with Crippen molar-refractivity contribution in [2.45, 2.75) is 13.8 Å². The second kappa shape index (κ2) is 8.68. The molecule has 14 heavy (non-hydrogen) atoms. The average molecular weight is 220 g/mol. The standard InChI is InChI=1S/C7H8O2S.2CH4O/c1-4-3-10-5(2)6(4)7(8)9;2*1-2/h3H,1-2H3,(H,8,9);2*2H,1H3. The largest absolute Gasteiger partial charge is 0.478 e. The van der Waals surface area contributed by atoms with E-state index in [9.17, 15) is 4.79 Å². The number of hydrogen-bond donors (Lipinski definition) is 3. The van der Waals surface area contributed by atoms with Gasteiger partial charge in [0.25, 0.3) is 0 Å². The van der Waals surface area contributed by atoms with E-state index in [1.807, 2.05) is 19.2 Å². The molecule has 1 aromatic rings. The number of aliphatic hydroxyl groups is 2. The van der Waals surface area contributed by atoms with E-state index in [0.717, 1.165) is 24.7 Å². The Labute approximate surface area is 87.5 Å². The zero-order valence-electron chi connectivity index (χ0n) is 8.74. The molecular formula is C9H16O4S. The lowest BCUT2D eigenvalue weighted by Gasteiger charge is -1.91. The fourth-order valence-corrected chi connectivity index (χ4v) is 1.73. The van der Waals surface area contributed by atoms with Crippen molar-refractivity contribution >= 4 is 17.3 Å². The highest BCUT2D eigenvalue weighted by Crippen LogP contribution is 2.20. The molecule has 0 unspecified atom stereocenters. The third kappa shape index (κ3) is 4.36. The number of thiophene rings is 1. The first-order valence-electron chi connectivity index (χ1n) is 3.80. The minimum Gasteiger partial charge on any atom is -0.478 e. The van der Waals surface area contributed by atoms with Crippen molar-refractivity contribution in [3.05, 3.63) is 21.4 Å². The molecule has 82 valence electrons. The monoisotopic (exact) mass is 220 g/mol. The van der Waals surface area contributed by atoms with Crippen molar-refractivity contribution in [2.24, 2.45) is 0 Å². The highest BCUT2D eigenvalue weighted by Gasteiger charge is 2.11. The van der Waals surface area contributed by atoms with Crippen molar-refractivity contribution in [2.75, 3.05) is 14.2 Å². The Morgan fingerprint density at radius 2 is 1.64 bits per heavy atom. The molecule has 3 N–H and O–H groups in total. The van der Waals surface area contributed by atoms with Crippen LogP contribution in [0.5, 0.6) is 0 Å². The summed E-state index contributed by atoms with van der Waals surface area (Å²) in [6.45, 7) is 3.63.